The lowest BCUT2D eigenvalue weighted by Gasteiger charge is -2.12. The van der Waals surface area contributed by atoms with E-state index < -0.39 is 23.7 Å². The van der Waals surface area contributed by atoms with Crippen LogP contribution in [0.2, 0.25) is 0 Å². The van der Waals surface area contributed by atoms with E-state index >= 15 is 0 Å². The molecular formula is C22H18F3N5O2S. The van der Waals surface area contributed by atoms with E-state index in [0.29, 0.717) is 23.4 Å². The first-order valence-electron chi connectivity index (χ1n) is 9.85. The number of primary amides is 1. The number of halogens is 3. The number of hydrogen-bond acceptors (Lipinski definition) is 5. The first-order chi connectivity index (χ1) is 15.6. The number of anilines is 1. The van der Waals surface area contributed by atoms with Crippen LogP contribution in [0.5, 0.6) is 0 Å². The van der Waals surface area contributed by atoms with E-state index in [0.717, 1.165) is 11.6 Å². The van der Waals surface area contributed by atoms with Crippen molar-refractivity contribution in [3.05, 3.63) is 64.4 Å². The molecule has 0 aliphatic heterocycles. The van der Waals surface area contributed by atoms with Gasteiger partial charge in [0.2, 0.25) is 0 Å². The van der Waals surface area contributed by atoms with Gasteiger partial charge in [-0.15, -0.1) is 11.3 Å². The van der Waals surface area contributed by atoms with Gasteiger partial charge in [-0.3, -0.25) is 14.3 Å². The summed E-state index contributed by atoms with van der Waals surface area (Å²) in [6, 6.07) is 9.25. The van der Waals surface area contributed by atoms with Gasteiger partial charge < -0.3 is 11.1 Å². The number of carbonyl (C=O) groups is 2. The van der Waals surface area contributed by atoms with Gasteiger partial charge in [0.05, 0.1) is 5.69 Å². The molecule has 0 saturated heterocycles. The number of nitrogens with zero attached hydrogens (tertiary/aromatic N) is 3. The average Bonchev–Trinajstić information content (AvgIpc) is 3.38. The van der Waals surface area contributed by atoms with Crippen LogP contribution in [0.4, 0.5) is 18.9 Å². The fraction of sp³-hybridized carbons (Fsp3) is 0.182. The van der Waals surface area contributed by atoms with Crippen molar-refractivity contribution in [1.29, 1.82) is 0 Å². The summed E-state index contributed by atoms with van der Waals surface area (Å²) in [7, 11) is 0. The van der Waals surface area contributed by atoms with E-state index in [1.807, 2.05) is 13.8 Å². The molecule has 0 aliphatic rings. The third kappa shape index (κ3) is 4.31. The largest absolute Gasteiger partial charge is 0.433 e. The first kappa shape index (κ1) is 22.5. The number of carbonyl (C=O) groups excluding carboxylic acids is 2. The van der Waals surface area contributed by atoms with Gasteiger partial charge in [0.1, 0.15) is 15.4 Å². The van der Waals surface area contributed by atoms with Crippen molar-refractivity contribution in [3.63, 3.8) is 0 Å². The minimum atomic E-state index is -4.71. The molecule has 0 spiro atoms. The topological polar surface area (TPSA) is 103 Å². The molecule has 0 fully saturated rings. The van der Waals surface area contributed by atoms with Crippen molar-refractivity contribution in [3.8, 4) is 11.1 Å². The Morgan fingerprint density at radius 1 is 1.18 bits per heavy atom. The number of pyridine rings is 1. The van der Waals surface area contributed by atoms with Crippen molar-refractivity contribution >= 4 is 39.1 Å². The van der Waals surface area contributed by atoms with Crippen LogP contribution in [-0.2, 0) is 12.7 Å². The molecule has 7 nitrogen and oxygen atoms in total. The number of amides is 2. The van der Waals surface area contributed by atoms with Crippen LogP contribution < -0.4 is 11.1 Å². The normalized spacial score (nSPS) is 11.7. The quantitative estimate of drug-likeness (QED) is 0.432. The molecule has 33 heavy (non-hydrogen) atoms. The number of nitrogens with two attached hydrogens (primary N) is 1. The number of thiophene rings is 1. The predicted octanol–water partition coefficient (Wildman–Crippen LogP) is 4.86. The van der Waals surface area contributed by atoms with E-state index in [9.17, 15) is 22.8 Å². The van der Waals surface area contributed by atoms with E-state index in [1.54, 1.807) is 35.1 Å². The number of aromatic nitrogens is 3. The van der Waals surface area contributed by atoms with Gasteiger partial charge in [0, 0.05) is 18.1 Å². The number of rotatable bonds is 5. The monoisotopic (exact) mass is 473 g/mol. The zero-order valence-electron chi connectivity index (χ0n) is 17.5. The van der Waals surface area contributed by atoms with Crippen molar-refractivity contribution in [2.24, 2.45) is 5.73 Å². The molecule has 0 atom stereocenters. The van der Waals surface area contributed by atoms with Crippen LogP contribution in [0.25, 0.3) is 21.3 Å². The Morgan fingerprint density at radius 3 is 2.45 bits per heavy atom. The molecule has 0 aliphatic carbocycles. The smallest absolute Gasteiger partial charge is 0.365 e. The molecule has 0 saturated carbocycles. The third-order valence-corrected chi connectivity index (χ3v) is 6.07. The van der Waals surface area contributed by atoms with Crippen LogP contribution in [0.15, 0.2) is 42.6 Å². The summed E-state index contributed by atoms with van der Waals surface area (Å²) in [5, 5.41) is 6.95. The number of hydrogen-bond donors (Lipinski definition) is 2. The molecule has 0 bridgehead atoms. The predicted molar refractivity (Wildman–Crippen MR) is 119 cm³/mol. The lowest BCUT2D eigenvalue weighted by atomic mass is 10.00. The van der Waals surface area contributed by atoms with Crippen molar-refractivity contribution in [2.75, 3.05) is 5.32 Å². The van der Waals surface area contributed by atoms with Crippen LogP contribution in [-0.4, -0.2) is 26.6 Å². The van der Waals surface area contributed by atoms with Crippen molar-refractivity contribution in [1.82, 2.24) is 14.8 Å². The summed E-state index contributed by atoms with van der Waals surface area (Å²) in [6.07, 6.45) is -3.09. The van der Waals surface area contributed by atoms with Gasteiger partial charge in [-0.25, -0.2) is 4.98 Å². The Kier molecular flexibility index (Phi) is 5.66. The maximum Gasteiger partial charge on any atom is 0.433 e. The molecule has 11 heteroatoms. The summed E-state index contributed by atoms with van der Waals surface area (Å²) in [5.74, 6) is -1.52. The van der Waals surface area contributed by atoms with Gasteiger partial charge in [-0.05, 0) is 37.1 Å². The number of benzene rings is 1. The van der Waals surface area contributed by atoms with Gasteiger partial charge in [0.15, 0.2) is 5.69 Å². The van der Waals surface area contributed by atoms with Crippen LogP contribution >= 0.6 is 11.3 Å². The van der Waals surface area contributed by atoms with Crippen LogP contribution in [0, 0.1) is 6.92 Å². The molecule has 3 aromatic heterocycles. The first-order valence-corrected chi connectivity index (χ1v) is 10.7. The molecule has 3 heterocycles. The Hall–Kier alpha value is -3.73. The lowest BCUT2D eigenvalue weighted by Crippen LogP contribution is -2.17. The second-order valence-electron chi connectivity index (χ2n) is 7.28. The van der Waals surface area contributed by atoms with Crippen molar-refractivity contribution < 1.29 is 22.8 Å². The van der Waals surface area contributed by atoms with Gasteiger partial charge in [-0.1, -0.05) is 29.8 Å². The summed E-state index contributed by atoms with van der Waals surface area (Å²) in [4.78, 5) is 28.5. The molecule has 0 radical (unpaired) electrons. The molecule has 4 aromatic rings. The van der Waals surface area contributed by atoms with Crippen LogP contribution in [0.3, 0.4) is 0 Å². The summed E-state index contributed by atoms with van der Waals surface area (Å²) >= 11 is 0.695. The molecule has 1 aromatic carbocycles. The highest BCUT2D eigenvalue weighted by molar-refractivity contribution is 7.21. The Balaban J connectivity index is 1.96. The van der Waals surface area contributed by atoms with Gasteiger partial charge in [0.25, 0.3) is 11.8 Å². The van der Waals surface area contributed by atoms with Gasteiger partial charge in [-0.2, -0.15) is 18.3 Å². The van der Waals surface area contributed by atoms with Crippen molar-refractivity contribution in [2.45, 2.75) is 26.6 Å². The highest BCUT2D eigenvalue weighted by Gasteiger charge is 2.35. The fourth-order valence-electron chi connectivity index (χ4n) is 3.33. The molecular weight excluding hydrogens is 455 g/mol. The highest BCUT2D eigenvalue weighted by atomic mass is 32.1. The summed E-state index contributed by atoms with van der Waals surface area (Å²) in [5.41, 5.74) is 6.05. The zero-order valence-corrected chi connectivity index (χ0v) is 18.3. The standard InChI is InChI=1S/C22H18F3N5O2S/c1-3-30-9-8-14(29-30)20(32)28-17-16-13(12-6-4-11(2)5-7-12)10-15(22(23,24)25)27-21(16)33-18(17)19(26)31/h4-10H,3H2,1-2H3,(H2,26,31)(H,28,32). The Labute approximate surface area is 190 Å². The van der Waals surface area contributed by atoms with E-state index in [1.165, 1.54) is 6.07 Å². The molecule has 2 amide bonds. The highest BCUT2D eigenvalue weighted by Crippen LogP contribution is 2.43. The molecule has 170 valence electrons. The minimum absolute atomic E-state index is 0.00958. The molecule has 4 rings (SSSR count). The minimum Gasteiger partial charge on any atom is -0.365 e. The summed E-state index contributed by atoms with van der Waals surface area (Å²) < 4.78 is 42.3. The third-order valence-electron chi connectivity index (χ3n) is 4.97. The van der Waals surface area contributed by atoms with Gasteiger partial charge >= 0.3 is 6.18 Å². The maximum atomic E-state index is 13.6. The Bertz CT molecular complexity index is 1370. The number of nitrogens with one attached hydrogen (secondary N) is 1. The maximum absolute atomic E-state index is 13.6. The zero-order chi connectivity index (χ0) is 23.9. The van der Waals surface area contributed by atoms with E-state index in [2.05, 4.69) is 15.4 Å². The lowest BCUT2D eigenvalue weighted by molar-refractivity contribution is -0.140. The number of aryl methyl sites for hydroxylation is 2. The second-order valence-corrected chi connectivity index (χ2v) is 8.28. The molecule has 0 unspecified atom stereocenters. The van der Waals surface area contributed by atoms with Crippen LogP contribution in [0.1, 0.15) is 38.3 Å². The SMILES string of the molecule is CCn1ccc(C(=O)Nc2c(C(N)=O)sc3nc(C(F)(F)F)cc(-c4ccc(C)cc4)c23)n1. The fourth-order valence-corrected chi connectivity index (χ4v) is 4.34. The van der Waals surface area contributed by atoms with E-state index in [-0.39, 0.29) is 32.0 Å². The average molecular weight is 473 g/mol. The number of fused-ring (bicyclic) bond motifs is 1. The number of alkyl halides is 3. The summed E-state index contributed by atoms with van der Waals surface area (Å²) in [6.45, 7) is 4.25. The second kappa shape index (κ2) is 8.32. The Morgan fingerprint density at radius 2 is 1.88 bits per heavy atom. The van der Waals surface area contributed by atoms with E-state index in [4.69, 9.17) is 5.73 Å². The molecule has 3 N–H and O–H groups in total.